The van der Waals surface area contributed by atoms with Gasteiger partial charge in [0.25, 0.3) is 6.43 Å². The summed E-state index contributed by atoms with van der Waals surface area (Å²) in [5.41, 5.74) is -2.02. The number of ether oxygens (including phenoxy) is 1. The molecule has 1 N–H and O–H groups in total. The molecule has 1 aliphatic rings. The molecule has 0 bridgehead atoms. The van der Waals surface area contributed by atoms with Crippen LogP contribution in [0.3, 0.4) is 0 Å². The van der Waals surface area contributed by atoms with Crippen molar-refractivity contribution in [1.29, 1.82) is 0 Å². The highest BCUT2D eigenvalue weighted by Crippen LogP contribution is 2.23. The van der Waals surface area contributed by atoms with Gasteiger partial charge in [0.05, 0.1) is 0 Å². The Hall–Kier alpha value is -1.35. The van der Waals surface area contributed by atoms with E-state index < -0.39 is 23.7 Å². The van der Waals surface area contributed by atoms with Crippen LogP contribution in [0.1, 0.15) is 47.5 Å². The average molecular weight is 305 g/mol. The molecule has 1 aliphatic heterocycles. The Morgan fingerprint density at radius 1 is 1.29 bits per heavy atom. The van der Waals surface area contributed by atoms with Gasteiger partial charge in [-0.1, -0.05) is 19.8 Å². The Bertz CT molecular complexity index is 386. The number of alkyl halides is 2. The number of hydrogen-bond donors (Lipinski definition) is 1. The third-order valence-electron chi connectivity index (χ3n) is 2.66. The van der Waals surface area contributed by atoms with E-state index in [1.54, 1.807) is 26.7 Å². The Morgan fingerprint density at radius 2 is 1.76 bits per heavy atom. The zero-order valence-corrected chi connectivity index (χ0v) is 13.4. The summed E-state index contributed by atoms with van der Waals surface area (Å²) in [6.07, 6.45) is -2.93. The van der Waals surface area contributed by atoms with Crippen molar-refractivity contribution in [2.24, 2.45) is 0 Å². The highest BCUT2D eigenvalue weighted by atomic mass is 19.3. The van der Waals surface area contributed by atoms with Crippen LogP contribution in [0.2, 0.25) is 0 Å². The monoisotopic (exact) mass is 305 g/mol. The molecule has 1 amide bonds. The van der Waals surface area contributed by atoms with E-state index in [2.05, 4.69) is 5.92 Å². The topological polar surface area (TPSA) is 49.8 Å². The molecule has 0 radical (unpaired) electrons. The van der Waals surface area contributed by atoms with Crippen LogP contribution in [0.25, 0.3) is 0 Å². The quantitative estimate of drug-likeness (QED) is 0.700. The van der Waals surface area contributed by atoms with Crippen LogP contribution in [0.15, 0.2) is 0 Å². The van der Waals surface area contributed by atoms with Crippen LogP contribution < -0.4 is 0 Å². The number of nitrogens with zero attached hydrogens (tertiary/aromatic N) is 1. The summed E-state index contributed by atoms with van der Waals surface area (Å²) in [5, 5.41) is 9.97. The lowest BCUT2D eigenvalue weighted by atomic mass is 9.92. The van der Waals surface area contributed by atoms with Crippen molar-refractivity contribution < 1.29 is 23.4 Å². The third-order valence-corrected chi connectivity index (χ3v) is 2.66. The Balaban J connectivity index is 0.00000191. The molecule has 1 saturated heterocycles. The van der Waals surface area contributed by atoms with E-state index in [4.69, 9.17) is 4.74 Å². The van der Waals surface area contributed by atoms with E-state index in [9.17, 15) is 18.7 Å². The van der Waals surface area contributed by atoms with Crippen LogP contribution in [0.5, 0.6) is 0 Å². The van der Waals surface area contributed by atoms with Gasteiger partial charge in [-0.3, -0.25) is 0 Å². The maximum Gasteiger partial charge on any atom is 0.410 e. The van der Waals surface area contributed by atoms with Gasteiger partial charge in [0.1, 0.15) is 11.2 Å². The number of hydrogen-bond acceptors (Lipinski definition) is 3. The van der Waals surface area contributed by atoms with Gasteiger partial charge in [0.2, 0.25) is 0 Å². The molecule has 6 heteroatoms. The van der Waals surface area contributed by atoms with Crippen molar-refractivity contribution in [3.8, 4) is 11.8 Å². The van der Waals surface area contributed by atoms with Gasteiger partial charge in [0, 0.05) is 25.9 Å². The predicted molar refractivity (Wildman–Crippen MR) is 77.1 cm³/mol. The van der Waals surface area contributed by atoms with E-state index in [0.29, 0.717) is 0 Å². The van der Waals surface area contributed by atoms with Crippen LogP contribution in [0, 0.1) is 11.8 Å². The number of rotatable bonds is 0. The van der Waals surface area contributed by atoms with Gasteiger partial charge in [-0.2, -0.15) is 8.78 Å². The minimum atomic E-state index is -2.76. The molecule has 0 atom stereocenters. The molecule has 1 heterocycles. The maximum atomic E-state index is 12.0. The maximum absolute atomic E-state index is 12.0. The van der Waals surface area contributed by atoms with Crippen molar-refractivity contribution in [2.45, 2.75) is 65.1 Å². The first-order valence-electron chi connectivity index (χ1n) is 7.12. The summed E-state index contributed by atoms with van der Waals surface area (Å²) in [6.45, 7) is 9.77. The number of carbonyl (C=O) groups is 1. The highest BCUT2D eigenvalue weighted by Gasteiger charge is 2.34. The van der Waals surface area contributed by atoms with Crippen molar-refractivity contribution in [2.75, 3.05) is 13.1 Å². The second-order valence-electron chi connectivity index (χ2n) is 5.57. The highest BCUT2D eigenvalue weighted by molar-refractivity contribution is 5.68. The molecule has 0 spiro atoms. The summed E-state index contributed by atoms with van der Waals surface area (Å²) < 4.78 is 29.2. The lowest BCUT2D eigenvalue weighted by molar-refractivity contribution is -0.00534. The summed E-state index contributed by atoms with van der Waals surface area (Å²) in [4.78, 5) is 13.2. The molecule has 21 heavy (non-hydrogen) atoms. The lowest BCUT2D eigenvalue weighted by Crippen LogP contribution is -2.47. The number of halogens is 2. The second-order valence-corrected chi connectivity index (χ2v) is 5.57. The first kappa shape index (κ1) is 19.7. The standard InChI is InChI=1S/C13H19F2NO3.C2H6/c1-12(2,3)19-11(17)16-8-6-13(18,7-9-16)5-4-10(14)15;1-2/h10,18H,6-9H2,1-3H3;1-2H3. The Kier molecular flexibility index (Phi) is 7.65. The first-order chi connectivity index (χ1) is 9.61. The number of likely N-dealkylation sites (tertiary alicyclic amines) is 1. The summed E-state index contributed by atoms with van der Waals surface area (Å²) >= 11 is 0. The molecule has 4 nitrogen and oxygen atoms in total. The molecular weight excluding hydrogens is 280 g/mol. The molecule has 0 aromatic carbocycles. The van der Waals surface area contributed by atoms with Crippen LogP contribution >= 0.6 is 0 Å². The molecule has 1 rings (SSSR count). The Labute approximate surface area is 125 Å². The van der Waals surface area contributed by atoms with Crippen molar-refractivity contribution in [1.82, 2.24) is 4.90 Å². The zero-order valence-electron chi connectivity index (χ0n) is 13.4. The average Bonchev–Trinajstić information content (AvgIpc) is 2.38. The van der Waals surface area contributed by atoms with E-state index >= 15 is 0 Å². The number of carbonyl (C=O) groups excluding carboxylic acids is 1. The van der Waals surface area contributed by atoms with Gasteiger partial charge < -0.3 is 14.7 Å². The molecule has 0 aromatic rings. The number of aliphatic hydroxyl groups is 1. The zero-order chi connectivity index (χ0) is 16.7. The lowest BCUT2D eigenvalue weighted by Gasteiger charge is -2.35. The largest absolute Gasteiger partial charge is 0.444 e. The minimum Gasteiger partial charge on any atom is -0.444 e. The molecule has 122 valence electrons. The molecule has 0 aliphatic carbocycles. The normalized spacial score (nSPS) is 17.3. The summed E-state index contributed by atoms with van der Waals surface area (Å²) in [6, 6.07) is 0. The first-order valence-corrected chi connectivity index (χ1v) is 7.12. The minimum absolute atomic E-state index is 0.145. The second kappa shape index (κ2) is 8.18. The van der Waals surface area contributed by atoms with Gasteiger partial charge in [-0.15, -0.1) is 0 Å². The van der Waals surface area contributed by atoms with E-state index in [0.717, 1.165) is 0 Å². The fourth-order valence-electron chi connectivity index (χ4n) is 1.70. The fourth-order valence-corrected chi connectivity index (χ4v) is 1.70. The summed E-state index contributed by atoms with van der Waals surface area (Å²) in [7, 11) is 0. The molecular formula is C15H25F2NO3. The van der Waals surface area contributed by atoms with Crippen LogP contribution in [-0.4, -0.2) is 46.8 Å². The van der Waals surface area contributed by atoms with Crippen LogP contribution in [0.4, 0.5) is 13.6 Å². The van der Waals surface area contributed by atoms with Gasteiger partial charge in [-0.25, -0.2) is 4.79 Å². The van der Waals surface area contributed by atoms with Crippen LogP contribution in [-0.2, 0) is 4.74 Å². The third kappa shape index (κ3) is 7.86. The number of piperidine rings is 1. The van der Waals surface area contributed by atoms with Crippen molar-refractivity contribution in [3.63, 3.8) is 0 Å². The fraction of sp³-hybridized carbons (Fsp3) is 0.800. The summed E-state index contributed by atoms with van der Waals surface area (Å²) in [5.74, 6) is 3.85. The van der Waals surface area contributed by atoms with Crippen molar-refractivity contribution >= 4 is 6.09 Å². The number of amides is 1. The Morgan fingerprint density at radius 3 is 2.14 bits per heavy atom. The van der Waals surface area contributed by atoms with Gasteiger partial charge >= 0.3 is 6.09 Å². The van der Waals surface area contributed by atoms with Gasteiger partial charge in [0.15, 0.2) is 0 Å². The molecule has 1 fully saturated rings. The van der Waals surface area contributed by atoms with E-state index in [1.807, 2.05) is 13.8 Å². The van der Waals surface area contributed by atoms with Crippen molar-refractivity contribution in [3.05, 3.63) is 0 Å². The smallest absolute Gasteiger partial charge is 0.410 e. The molecule has 0 aromatic heterocycles. The van der Waals surface area contributed by atoms with Gasteiger partial charge in [-0.05, 0) is 26.7 Å². The molecule has 0 saturated carbocycles. The van der Waals surface area contributed by atoms with E-state index in [-0.39, 0.29) is 25.9 Å². The predicted octanol–water partition coefficient (Wildman–Crippen LogP) is 3.04. The van der Waals surface area contributed by atoms with E-state index in [1.165, 1.54) is 4.90 Å². The molecule has 0 unspecified atom stereocenters. The SMILES string of the molecule is CC.CC(C)(C)OC(=O)N1CCC(O)(C#CC(F)F)CC1.